The van der Waals surface area contributed by atoms with Crippen molar-refractivity contribution in [3.05, 3.63) is 40.5 Å². The number of aromatic nitrogens is 2. The number of nitrogens with zero attached hydrogens (tertiary/aromatic N) is 2. The van der Waals surface area contributed by atoms with Crippen molar-refractivity contribution >= 4 is 27.7 Å². The van der Waals surface area contributed by atoms with E-state index in [1.807, 2.05) is 18.2 Å². The van der Waals surface area contributed by atoms with Crippen LogP contribution in [0.4, 0.5) is 0 Å². The Kier molecular flexibility index (Phi) is 5.32. The van der Waals surface area contributed by atoms with Crippen molar-refractivity contribution in [3.8, 4) is 0 Å². The van der Waals surface area contributed by atoms with Gasteiger partial charge in [0.1, 0.15) is 0 Å². The highest BCUT2D eigenvalue weighted by Crippen LogP contribution is 2.29. The minimum atomic E-state index is 0.620. The van der Waals surface area contributed by atoms with E-state index in [9.17, 15) is 0 Å². The molecule has 1 fully saturated rings. The fraction of sp³-hybridized carbons (Fsp3) is 0.467. The van der Waals surface area contributed by atoms with Crippen LogP contribution in [0.5, 0.6) is 0 Å². The Morgan fingerprint density at radius 1 is 1.29 bits per heavy atom. The number of nitrogens with one attached hydrogen (secondary N) is 1. The molecule has 1 aromatic carbocycles. The van der Waals surface area contributed by atoms with Crippen LogP contribution < -0.4 is 5.32 Å². The zero-order chi connectivity index (χ0) is 14.5. The molecular weight excluding hydrogens is 350 g/mol. The number of hydrogen-bond acceptors (Lipinski definition) is 5. The molecule has 0 atom stereocenters. The Labute approximate surface area is 137 Å². The van der Waals surface area contributed by atoms with Crippen LogP contribution in [0.1, 0.15) is 37.4 Å². The van der Waals surface area contributed by atoms with E-state index < -0.39 is 0 Å². The zero-order valence-electron chi connectivity index (χ0n) is 11.7. The average molecular weight is 368 g/mol. The molecule has 1 aromatic heterocycles. The molecular formula is C15H18BrN3OS. The summed E-state index contributed by atoms with van der Waals surface area (Å²) in [4.78, 5) is 5.63. The number of rotatable bonds is 6. The zero-order valence-corrected chi connectivity index (χ0v) is 14.1. The Balaban J connectivity index is 1.49. The lowest BCUT2D eigenvalue weighted by Gasteiger charge is -2.08. The fourth-order valence-electron chi connectivity index (χ4n) is 2.49. The predicted molar refractivity (Wildman–Crippen MR) is 87.1 cm³/mol. The van der Waals surface area contributed by atoms with Crippen LogP contribution in [-0.4, -0.2) is 16.2 Å². The summed E-state index contributed by atoms with van der Waals surface area (Å²) in [5.74, 6) is 2.15. The van der Waals surface area contributed by atoms with E-state index in [0.29, 0.717) is 18.5 Å². The van der Waals surface area contributed by atoms with E-state index >= 15 is 0 Å². The number of thioether (sulfide) groups is 1. The van der Waals surface area contributed by atoms with Gasteiger partial charge in [-0.05, 0) is 40.9 Å². The first-order valence-electron chi connectivity index (χ1n) is 7.23. The summed E-state index contributed by atoms with van der Waals surface area (Å²) < 4.78 is 6.39. The molecule has 0 amide bonds. The highest BCUT2D eigenvalue weighted by Gasteiger charge is 2.15. The molecule has 4 nitrogen and oxygen atoms in total. The van der Waals surface area contributed by atoms with Crippen LogP contribution in [0.3, 0.4) is 0 Å². The van der Waals surface area contributed by atoms with Crippen molar-refractivity contribution in [2.75, 3.05) is 0 Å². The second-order valence-electron chi connectivity index (χ2n) is 5.19. The lowest BCUT2D eigenvalue weighted by Crippen LogP contribution is -2.25. The summed E-state index contributed by atoms with van der Waals surface area (Å²) in [6, 6.07) is 8.78. The molecule has 3 rings (SSSR count). The quantitative estimate of drug-likeness (QED) is 0.776. The Morgan fingerprint density at radius 2 is 2.10 bits per heavy atom. The van der Waals surface area contributed by atoms with Crippen molar-refractivity contribution in [3.63, 3.8) is 0 Å². The van der Waals surface area contributed by atoms with E-state index in [0.717, 1.165) is 16.0 Å². The highest BCUT2D eigenvalue weighted by molar-refractivity contribution is 9.10. The summed E-state index contributed by atoms with van der Waals surface area (Å²) >= 11 is 5.25. The van der Waals surface area contributed by atoms with Gasteiger partial charge in [0.15, 0.2) is 5.82 Å². The van der Waals surface area contributed by atoms with Gasteiger partial charge in [0.05, 0.1) is 12.3 Å². The first kappa shape index (κ1) is 15.1. The van der Waals surface area contributed by atoms with E-state index in [2.05, 4.69) is 37.5 Å². The lowest BCUT2D eigenvalue weighted by molar-refractivity contribution is 0.354. The van der Waals surface area contributed by atoms with Crippen molar-refractivity contribution in [2.24, 2.45) is 0 Å². The molecule has 21 heavy (non-hydrogen) atoms. The van der Waals surface area contributed by atoms with E-state index in [-0.39, 0.29) is 0 Å². The van der Waals surface area contributed by atoms with Crippen LogP contribution in [-0.2, 0) is 12.3 Å². The average Bonchev–Trinajstić information content (AvgIpc) is 3.16. The molecule has 1 aliphatic carbocycles. The van der Waals surface area contributed by atoms with Gasteiger partial charge in [-0.3, -0.25) is 0 Å². The molecule has 0 unspecified atom stereocenters. The van der Waals surface area contributed by atoms with Crippen LogP contribution in [0.15, 0.2) is 38.2 Å². The molecule has 0 aliphatic heterocycles. The first-order valence-corrected chi connectivity index (χ1v) is 9.01. The van der Waals surface area contributed by atoms with Crippen molar-refractivity contribution in [1.29, 1.82) is 0 Å². The minimum absolute atomic E-state index is 0.620. The van der Waals surface area contributed by atoms with Gasteiger partial charge in [-0.25, -0.2) is 0 Å². The molecule has 0 spiro atoms. The van der Waals surface area contributed by atoms with E-state index in [1.165, 1.54) is 30.6 Å². The summed E-state index contributed by atoms with van der Waals surface area (Å²) in [6.07, 6.45) is 5.18. The number of benzene rings is 1. The SMILES string of the molecule is Brc1ccccc1SCc1noc(CNC2CCCC2)n1. The summed E-state index contributed by atoms with van der Waals surface area (Å²) in [5.41, 5.74) is 0. The molecule has 1 N–H and O–H groups in total. The fourth-order valence-corrected chi connectivity index (χ4v) is 3.90. The molecule has 6 heteroatoms. The van der Waals surface area contributed by atoms with Crippen LogP contribution in [0, 0.1) is 0 Å². The largest absolute Gasteiger partial charge is 0.338 e. The van der Waals surface area contributed by atoms with Crippen molar-refractivity contribution in [2.45, 2.75) is 48.9 Å². The van der Waals surface area contributed by atoms with Gasteiger partial charge in [0, 0.05) is 15.4 Å². The molecule has 1 saturated carbocycles. The van der Waals surface area contributed by atoms with Crippen LogP contribution in [0.25, 0.3) is 0 Å². The second-order valence-corrected chi connectivity index (χ2v) is 7.06. The van der Waals surface area contributed by atoms with Crippen molar-refractivity contribution < 1.29 is 4.52 Å². The minimum Gasteiger partial charge on any atom is -0.338 e. The topological polar surface area (TPSA) is 51.0 Å². The van der Waals surface area contributed by atoms with Gasteiger partial charge in [-0.15, -0.1) is 11.8 Å². The second kappa shape index (κ2) is 7.42. The molecule has 1 heterocycles. The lowest BCUT2D eigenvalue weighted by atomic mass is 10.2. The van der Waals surface area contributed by atoms with Gasteiger partial charge in [-0.1, -0.05) is 30.1 Å². The van der Waals surface area contributed by atoms with Crippen LogP contribution >= 0.6 is 27.7 Å². The van der Waals surface area contributed by atoms with Crippen molar-refractivity contribution in [1.82, 2.24) is 15.5 Å². The molecule has 112 valence electrons. The first-order chi connectivity index (χ1) is 10.3. The number of halogens is 1. The van der Waals surface area contributed by atoms with Gasteiger partial charge < -0.3 is 9.84 Å². The monoisotopic (exact) mass is 367 g/mol. The van der Waals surface area contributed by atoms with Gasteiger partial charge in [0.2, 0.25) is 5.89 Å². The van der Waals surface area contributed by atoms with Crippen LogP contribution in [0.2, 0.25) is 0 Å². The highest BCUT2D eigenvalue weighted by atomic mass is 79.9. The molecule has 0 bridgehead atoms. The summed E-state index contributed by atoms with van der Waals surface area (Å²) in [6.45, 7) is 0.678. The third-order valence-corrected chi connectivity index (χ3v) is 5.62. The Bertz CT molecular complexity index is 584. The summed E-state index contributed by atoms with van der Waals surface area (Å²) in [5, 5.41) is 7.53. The molecule has 0 saturated heterocycles. The molecule has 0 radical (unpaired) electrons. The van der Waals surface area contributed by atoms with Gasteiger partial charge >= 0.3 is 0 Å². The maximum absolute atomic E-state index is 5.29. The smallest absolute Gasteiger partial charge is 0.240 e. The van der Waals surface area contributed by atoms with Gasteiger partial charge in [0.25, 0.3) is 0 Å². The Morgan fingerprint density at radius 3 is 2.90 bits per heavy atom. The maximum Gasteiger partial charge on any atom is 0.240 e. The predicted octanol–water partition coefficient (Wildman–Crippen LogP) is 4.16. The normalized spacial score (nSPS) is 15.7. The van der Waals surface area contributed by atoms with E-state index in [1.54, 1.807) is 11.8 Å². The summed E-state index contributed by atoms with van der Waals surface area (Å²) in [7, 11) is 0. The standard InChI is InChI=1S/C15H18BrN3OS/c16-12-7-3-4-8-13(12)21-10-14-18-15(20-19-14)9-17-11-5-1-2-6-11/h3-4,7-8,11,17H,1-2,5-6,9-10H2. The molecule has 1 aliphatic rings. The Hall–Kier alpha value is -0.850. The third-order valence-electron chi connectivity index (χ3n) is 3.60. The van der Waals surface area contributed by atoms with Gasteiger partial charge in [-0.2, -0.15) is 4.98 Å². The maximum atomic E-state index is 5.29. The third kappa shape index (κ3) is 4.31. The molecule has 2 aromatic rings. The van der Waals surface area contributed by atoms with E-state index in [4.69, 9.17) is 4.52 Å². The number of hydrogen-bond donors (Lipinski definition) is 1.